The summed E-state index contributed by atoms with van der Waals surface area (Å²) >= 11 is 0. The SMILES string of the molecule is Cc1ccc(C(C)(C)C)cc1S(=O)(=O)N1CCN(C(=O)c2ccc(F)cc2)CC1. The summed E-state index contributed by atoms with van der Waals surface area (Å²) in [6.45, 7) is 9.01. The van der Waals surface area contributed by atoms with E-state index in [4.69, 9.17) is 0 Å². The van der Waals surface area contributed by atoms with Crippen LogP contribution in [0.1, 0.15) is 42.3 Å². The Hall–Kier alpha value is -2.25. The zero-order valence-electron chi connectivity index (χ0n) is 17.3. The van der Waals surface area contributed by atoms with Crippen molar-refractivity contribution in [2.75, 3.05) is 26.2 Å². The molecule has 1 heterocycles. The van der Waals surface area contributed by atoms with Crippen LogP contribution in [0.25, 0.3) is 0 Å². The van der Waals surface area contributed by atoms with Crippen LogP contribution in [0, 0.1) is 12.7 Å². The molecule has 0 saturated carbocycles. The number of benzene rings is 2. The molecule has 1 aliphatic rings. The minimum atomic E-state index is -3.65. The molecule has 2 aromatic carbocycles. The lowest BCUT2D eigenvalue weighted by molar-refractivity contribution is 0.0698. The van der Waals surface area contributed by atoms with Gasteiger partial charge >= 0.3 is 0 Å². The molecular formula is C22H27FN2O3S. The molecular weight excluding hydrogens is 391 g/mol. The Morgan fingerprint density at radius 2 is 1.55 bits per heavy atom. The van der Waals surface area contributed by atoms with Crippen LogP contribution in [0.15, 0.2) is 47.4 Å². The molecule has 1 fully saturated rings. The lowest BCUT2D eigenvalue weighted by Gasteiger charge is -2.34. The molecule has 2 aromatic rings. The van der Waals surface area contributed by atoms with Gasteiger partial charge in [-0.2, -0.15) is 4.31 Å². The number of nitrogens with zero attached hydrogens (tertiary/aromatic N) is 2. The molecule has 0 N–H and O–H groups in total. The average molecular weight is 419 g/mol. The lowest BCUT2D eigenvalue weighted by Crippen LogP contribution is -2.50. The van der Waals surface area contributed by atoms with Gasteiger partial charge in [0.1, 0.15) is 5.82 Å². The highest BCUT2D eigenvalue weighted by atomic mass is 32.2. The maximum absolute atomic E-state index is 13.3. The van der Waals surface area contributed by atoms with Crippen molar-refractivity contribution in [3.05, 3.63) is 65.0 Å². The van der Waals surface area contributed by atoms with E-state index in [9.17, 15) is 17.6 Å². The normalized spacial score (nSPS) is 16.1. The molecule has 0 aliphatic carbocycles. The molecule has 29 heavy (non-hydrogen) atoms. The molecule has 7 heteroatoms. The van der Waals surface area contributed by atoms with Gasteiger partial charge in [-0.15, -0.1) is 0 Å². The van der Waals surface area contributed by atoms with Gasteiger partial charge in [-0.3, -0.25) is 4.79 Å². The van der Waals surface area contributed by atoms with E-state index in [2.05, 4.69) is 0 Å². The predicted molar refractivity (Wildman–Crippen MR) is 111 cm³/mol. The third-order valence-electron chi connectivity index (χ3n) is 5.29. The van der Waals surface area contributed by atoms with E-state index >= 15 is 0 Å². The summed E-state index contributed by atoms with van der Waals surface area (Å²) in [5.74, 6) is -0.613. The zero-order valence-corrected chi connectivity index (χ0v) is 18.1. The van der Waals surface area contributed by atoms with Crippen LogP contribution in [-0.4, -0.2) is 49.7 Å². The number of sulfonamides is 1. The van der Waals surface area contributed by atoms with Gasteiger partial charge in [0, 0.05) is 31.7 Å². The smallest absolute Gasteiger partial charge is 0.253 e. The number of hydrogen-bond acceptors (Lipinski definition) is 3. The van der Waals surface area contributed by atoms with Crippen molar-refractivity contribution in [1.82, 2.24) is 9.21 Å². The van der Waals surface area contributed by atoms with E-state index < -0.39 is 15.8 Å². The number of carbonyl (C=O) groups excluding carboxylic acids is 1. The fraction of sp³-hybridized carbons (Fsp3) is 0.409. The summed E-state index contributed by atoms with van der Waals surface area (Å²) in [6, 6.07) is 11.0. The predicted octanol–water partition coefficient (Wildman–Crippen LogP) is 3.58. The van der Waals surface area contributed by atoms with Gasteiger partial charge in [0.25, 0.3) is 5.91 Å². The monoisotopic (exact) mass is 418 g/mol. The number of piperazine rings is 1. The number of halogens is 1. The summed E-state index contributed by atoms with van der Waals surface area (Å²) in [6.07, 6.45) is 0. The molecule has 0 unspecified atom stereocenters. The topological polar surface area (TPSA) is 57.7 Å². The van der Waals surface area contributed by atoms with E-state index in [1.165, 1.54) is 28.6 Å². The molecule has 1 saturated heterocycles. The summed E-state index contributed by atoms with van der Waals surface area (Å²) in [5.41, 5.74) is 1.92. The van der Waals surface area contributed by atoms with Gasteiger partial charge in [0.2, 0.25) is 10.0 Å². The molecule has 5 nitrogen and oxygen atoms in total. The van der Waals surface area contributed by atoms with E-state index in [-0.39, 0.29) is 24.4 Å². The maximum Gasteiger partial charge on any atom is 0.253 e. The van der Waals surface area contributed by atoms with Crippen molar-refractivity contribution in [2.24, 2.45) is 0 Å². The summed E-state index contributed by atoms with van der Waals surface area (Å²) in [7, 11) is -3.65. The van der Waals surface area contributed by atoms with Crippen LogP contribution in [0.5, 0.6) is 0 Å². The molecule has 0 radical (unpaired) electrons. The Bertz CT molecular complexity index is 1000. The highest BCUT2D eigenvalue weighted by molar-refractivity contribution is 7.89. The Kier molecular flexibility index (Phi) is 5.83. The van der Waals surface area contributed by atoms with Crippen molar-refractivity contribution in [1.29, 1.82) is 0 Å². The first kappa shape index (κ1) is 21.5. The molecule has 156 valence electrons. The number of amides is 1. The van der Waals surface area contributed by atoms with Gasteiger partial charge in [-0.05, 0) is 53.8 Å². The van der Waals surface area contributed by atoms with Gasteiger partial charge < -0.3 is 4.90 Å². The van der Waals surface area contributed by atoms with Gasteiger partial charge in [0.15, 0.2) is 0 Å². The third-order valence-corrected chi connectivity index (χ3v) is 7.33. The van der Waals surface area contributed by atoms with Gasteiger partial charge in [0.05, 0.1) is 4.90 Å². The van der Waals surface area contributed by atoms with Crippen molar-refractivity contribution in [2.45, 2.75) is 38.0 Å². The summed E-state index contributed by atoms with van der Waals surface area (Å²) < 4.78 is 41.0. The number of aryl methyl sites for hydroxylation is 1. The van der Waals surface area contributed by atoms with Crippen molar-refractivity contribution in [3.8, 4) is 0 Å². The highest BCUT2D eigenvalue weighted by Crippen LogP contribution is 2.28. The maximum atomic E-state index is 13.3. The first-order valence-electron chi connectivity index (χ1n) is 9.66. The van der Waals surface area contributed by atoms with Crippen LogP contribution >= 0.6 is 0 Å². The second-order valence-corrected chi connectivity index (χ2v) is 10.3. The van der Waals surface area contributed by atoms with Crippen LogP contribution in [0.2, 0.25) is 0 Å². The fourth-order valence-corrected chi connectivity index (χ4v) is 5.06. The molecule has 1 amide bonds. The number of carbonyl (C=O) groups is 1. The van der Waals surface area contributed by atoms with Crippen LogP contribution < -0.4 is 0 Å². The van der Waals surface area contributed by atoms with Crippen LogP contribution in [-0.2, 0) is 15.4 Å². The summed E-state index contributed by atoms with van der Waals surface area (Å²) in [4.78, 5) is 14.5. The molecule has 1 aliphatic heterocycles. The second kappa shape index (κ2) is 7.88. The van der Waals surface area contributed by atoms with Crippen molar-refractivity contribution >= 4 is 15.9 Å². The first-order chi connectivity index (χ1) is 13.5. The van der Waals surface area contributed by atoms with Crippen LogP contribution in [0.3, 0.4) is 0 Å². The largest absolute Gasteiger partial charge is 0.336 e. The van der Waals surface area contributed by atoms with Crippen LogP contribution in [0.4, 0.5) is 4.39 Å². The molecule has 0 atom stereocenters. The van der Waals surface area contributed by atoms with Crippen molar-refractivity contribution in [3.63, 3.8) is 0 Å². The van der Waals surface area contributed by atoms with Gasteiger partial charge in [-0.25, -0.2) is 12.8 Å². The third kappa shape index (κ3) is 4.51. The average Bonchev–Trinajstić information content (AvgIpc) is 2.67. The molecule has 0 bridgehead atoms. The van der Waals surface area contributed by atoms with E-state index in [0.29, 0.717) is 29.1 Å². The van der Waals surface area contributed by atoms with E-state index in [1.807, 2.05) is 32.9 Å². The Labute approximate surface area is 172 Å². The van der Waals surface area contributed by atoms with Gasteiger partial charge in [-0.1, -0.05) is 32.9 Å². The fourth-order valence-electron chi connectivity index (χ4n) is 3.39. The number of hydrogen-bond donors (Lipinski definition) is 0. The minimum Gasteiger partial charge on any atom is -0.336 e. The Balaban J connectivity index is 1.76. The quantitative estimate of drug-likeness (QED) is 0.766. The Morgan fingerprint density at radius 1 is 0.966 bits per heavy atom. The zero-order chi connectivity index (χ0) is 21.4. The second-order valence-electron chi connectivity index (χ2n) is 8.43. The molecule has 0 aromatic heterocycles. The standard InChI is InChI=1S/C22H27FN2O3S/c1-16-5-8-18(22(2,3)4)15-20(16)29(27,28)25-13-11-24(12-14-25)21(26)17-6-9-19(23)10-7-17/h5-10,15H,11-14H2,1-4H3. The molecule has 0 spiro atoms. The first-order valence-corrected chi connectivity index (χ1v) is 11.1. The van der Waals surface area contributed by atoms with Crippen molar-refractivity contribution < 1.29 is 17.6 Å². The van der Waals surface area contributed by atoms with E-state index in [0.717, 1.165) is 5.56 Å². The molecule has 3 rings (SSSR count). The Morgan fingerprint density at radius 3 is 2.10 bits per heavy atom. The highest BCUT2D eigenvalue weighted by Gasteiger charge is 2.32. The van der Waals surface area contributed by atoms with E-state index in [1.54, 1.807) is 17.9 Å². The minimum absolute atomic E-state index is 0.155. The number of rotatable bonds is 3. The summed E-state index contributed by atoms with van der Waals surface area (Å²) in [5, 5.41) is 0. The lowest BCUT2D eigenvalue weighted by atomic mass is 9.87.